The van der Waals surface area contributed by atoms with Crippen LogP contribution in [0.2, 0.25) is 0 Å². The van der Waals surface area contributed by atoms with Gasteiger partial charge in [-0.15, -0.1) is 23.5 Å². The maximum atomic E-state index is 12.7. The van der Waals surface area contributed by atoms with E-state index in [1.807, 2.05) is 58.8 Å². The van der Waals surface area contributed by atoms with Crippen LogP contribution in [-0.2, 0) is 11.3 Å². The van der Waals surface area contributed by atoms with Crippen LogP contribution in [0, 0.1) is 0 Å². The van der Waals surface area contributed by atoms with E-state index >= 15 is 0 Å². The van der Waals surface area contributed by atoms with Crippen LogP contribution in [0.3, 0.4) is 0 Å². The average molecular weight is 400 g/mol. The third kappa shape index (κ3) is 5.23. The fraction of sp³-hybridized carbons (Fsp3) is 0.409. The Hall–Kier alpha value is -1.59. The molecule has 2 fully saturated rings. The second-order valence-corrected chi connectivity index (χ2v) is 9.75. The van der Waals surface area contributed by atoms with E-state index in [1.165, 1.54) is 29.1 Å². The summed E-state index contributed by atoms with van der Waals surface area (Å²) >= 11 is 4.03. The Bertz CT molecular complexity index is 741. The minimum Gasteiger partial charge on any atom is -0.484 e. The lowest BCUT2D eigenvalue weighted by molar-refractivity contribution is -0.134. The Kier molecular flexibility index (Phi) is 6.30. The van der Waals surface area contributed by atoms with Gasteiger partial charge in [0.25, 0.3) is 5.91 Å². The minimum atomic E-state index is 0.0730. The Morgan fingerprint density at radius 3 is 2.37 bits per heavy atom. The van der Waals surface area contributed by atoms with E-state index in [0.717, 1.165) is 18.6 Å². The Morgan fingerprint density at radius 1 is 1.00 bits per heavy atom. The van der Waals surface area contributed by atoms with Crippen molar-refractivity contribution < 1.29 is 9.53 Å². The van der Waals surface area contributed by atoms with Crippen molar-refractivity contribution in [2.45, 2.75) is 36.4 Å². The largest absolute Gasteiger partial charge is 0.484 e. The van der Waals surface area contributed by atoms with Crippen molar-refractivity contribution in [2.75, 3.05) is 18.1 Å². The van der Waals surface area contributed by atoms with E-state index < -0.39 is 0 Å². The van der Waals surface area contributed by atoms with E-state index in [-0.39, 0.29) is 12.5 Å². The van der Waals surface area contributed by atoms with Crippen molar-refractivity contribution in [3.63, 3.8) is 0 Å². The van der Waals surface area contributed by atoms with Crippen LogP contribution in [0.15, 0.2) is 54.6 Å². The quantitative estimate of drug-likeness (QED) is 0.646. The van der Waals surface area contributed by atoms with Gasteiger partial charge >= 0.3 is 0 Å². The molecule has 27 heavy (non-hydrogen) atoms. The normalized spacial score (nSPS) is 17.5. The van der Waals surface area contributed by atoms with Gasteiger partial charge in [-0.25, -0.2) is 0 Å². The molecule has 2 aromatic carbocycles. The highest BCUT2D eigenvalue weighted by atomic mass is 32.2. The fourth-order valence-corrected chi connectivity index (χ4v) is 6.11. The number of hydrogen-bond donors (Lipinski definition) is 0. The molecule has 1 aliphatic carbocycles. The number of nitrogens with zero attached hydrogens (tertiary/aromatic N) is 1. The lowest BCUT2D eigenvalue weighted by atomic mass is 10.2. The van der Waals surface area contributed by atoms with Gasteiger partial charge in [0.1, 0.15) is 5.75 Å². The molecule has 0 unspecified atom stereocenters. The van der Waals surface area contributed by atoms with E-state index in [1.54, 1.807) is 0 Å². The van der Waals surface area contributed by atoms with Gasteiger partial charge in [0, 0.05) is 12.6 Å². The number of carbonyl (C=O) groups excluding carboxylic acids is 1. The molecule has 0 radical (unpaired) electrons. The van der Waals surface area contributed by atoms with Crippen LogP contribution in [-0.4, -0.2) is 35.0 Å². The monoisotopic (exact) mass is 399 g/mol. The van der Waals surface area contributed by atoms with Crippen molar-refractivity contribution >= 4 is 29.4 Å². The van der Waals surface area contributed by atoms with Crippen molar-refractivity contribution in [3.05, 3.63) is 65.7 Å². The van der Waals surface area contributed by atoms with Gasteiger partial charge in [-0.05, 0) is 54.0 Å². The molecule has 0 atom stereocenters. The van der Waals surface area contributed by atoms with Crippen molar-refractivity contribution in [3.8, 4) is 5.75 Å². The van der Waals surface area contributed by atoms with E-state index in [9.17, 15) is 4.79 Å². The van der Waals surface area contributed by atoms with Crippen LogP contribution < -0.4 is 4.74 Å². The molecule has 0 spiro atoms. The summed E-state index contributed by atoms with van der Waals surface area (Å²) in [5.41, 5.74) is 2.51. The molecule has 5 heteroatoms. The molecule has 3 nitrogen and oxygen atoms in total. The minimum absolute atomic E-state index is 0.0730. The second kappa shape index (κ2) is 9.07. The van der Waals surface area contributed by atoms with Gasteiger partial charge < -0.3 is 9.64 Å². The van der Waals surface area contributed by atoms with Crippen LogP contribution >= 0.6 is 23.5 Å². The molecule has 0 bridgehead atoms. The molecule has 0 aromatic heterocycles. The Labute approximate surface area is 169 Å². The zero-order valence-electron chi connectivity index (χ0n) is 15.4. The number of thioether (sulfide) groups is 2. The maximum Gasteiger partial charge on any atom is 0.261 e. The van der Waals surface area contributed by atoms with Crippen molar-refractivity contribution in [1.82, 2.24) is 4.90 Å². The predicted molar refractivity (Wildman–Crippen MR) is 114 cm³/mol. The Morgan fingerprint density at radius 2 is 1.70 bits per heavy atom. The van der Waals surface area contributed by atoms with E-state index in [0.29, 0.717) is 17.2 Å². The lowest BCUT2D eigenvalue weighted by Gasteiger charge is -2.23. The highest BCUT2D eigenvalue weighted by Crippen LogP contribution is 2.43. The molecule has 1 heterocycles. The molecule has 4 rings (SSSR count). The number of carbonyl (C=O) groups is 1. The number of benzene rings is 2. The number of amides is 1. The number of ether oxygens (including phenoxy) is 1. The molecule has 2 aliphatic rings. The van der Waals surface area contributed by atoms with E-state index in [4.69, 9.17) is 4.74 Å². The first-order valence-electron chi connectivity index (χ1n) is 9.59. The summed E-state index contributed by atoms with van der Waals surface area (Å²) in [5, 5.41) is 0. The number of rotatable bonds is 7. The summed E-state index contributed by atoms with van der Waals surface area (Å²) in [6.45, 7) is 0.776. The summed E-state index contributed by atoms with van der Waals surface area (Å²) in [6.07, 6.45) is 3.50. The lowest BCUT2D eigenvalue weighted by Crippen LogP contribution is -2.36. The Balaban J connectivity index is 1.32. The smallest absolute Gasteiger partial charge is 0.261 e. The topological polar surface area (TPSA) is 29.5 Å². The van der Waals surface area contributed by atoms with Gasteiger partial charge in [0.2, 0.25) is 0 Å². The SMILES string of the molecule is O=C(COc1ccc(C2SCCCS2)cc1)N(Cc1ccccc1)C1CC1. The van der Waals surface area contributed by atoms with Gasteiger partial charge in [-0.2, -0.15) is 0 Å². The molecule has 1 amide bonds. The van der Waals surface area contributed by atoms with E-state index in [2.05, 4.69) is 24.3 Å². The molecular formula is C22H25NO2S2. The van der Waals surface area contributed by atoms with Crippen LogP contribution in [0.1, 0.15) is 35.0 Å². The molecular weight excluding hydrogens is 374 g/mol. The molecule has 142 valence electrons. The molecule has 2 aromatic rings. The fourth-order valence-electron chi connectivity index (χ4n) is 3.22. The third-order valence-electron chi connectivity index (χ3n) is 4.85. The third-order valence-corrected chi connectivity index (χ3v) is 7.86. The van der Waals surface area contributed by atoms with Gasteiger partial charge in [-0.3, -0.25) is 4.79 Å². The molecule has 1 saturated heterocycles. The van der Waals surface area contributed by atoms with Crippen molar-refractivity contribution in [2.24, 2.45) is 0 Å². The van der Waals surface area contributed by atoms with Gasteiger partial charge in [-0.1, -0.05) is 42.5 Å². The highest BCUT2D eigenvalue weighted by Gasteiger charge is 2.32. The first-order chi connectivity index (χ1) is 13.3. The number of hydrogen-bond acceptors (Lipinski definition) is 4. The maximum absolute atomic E-state index is 12.7. The summed E-state index contributed by atoms with van der Waals surface area (Å²) in [4.78, 5) is 14.7. The second-order valence-electron chi connectivity index (χ2n) is 7.02. The molecule has 1 aliphatic heterocycles. The summed E-state index contributed by atoms with van der Waals surface area (Å²) in [6, 6.07) is 18.8. The van der Waals surface area contributed by atoms with Gasteiger partial charge in [0.05, 0.1) is 4.58 Å². The summed E-state index contributed by atoms with van der Waals surface area (Å²) < 4.78 is 6.33. The van der Waals surface area contributed by atoms with Gasteiger partial charge in [0.15, 0.2) is 6.61 Å². The first kappa shape index (κ1) is 18.8. The predicted octanol–water partition coefficient (Wildman–Crippen LogP) is 5.13. The van der Waals surface area contributed by atoms with Crippen molar-refractivity contribution in [1.29, 1.82) is 0 Å². The average Bonchev–Trinajstić information content (AvgIpc) is 3.57. The molecule has 1 saturated carbocycles. The van der Waals surface area contributed by atoms with Crippen LogP contribution in [0.25, 0.3) is 0 Å². The van der Waals surface area contributed by atoms with Crippen LogP contribution in [0.5, 0.6) is 5.75 Å². The first-order valence-corrected chi connectivity index (χ1v) is 11.7. The summed E-state index contributed by atoms with van der Waals surface area (Å²) in [5.74, 6) is 3.32. The highest BCUT2D eigenvalue weighted by molar-refractivity contribution is 8.16. The summed E-state index contributed by atoms with van der Waals surface area (Å²) in [7, 11) is 0. The zero-order chi connectivity index (χ0) is 18.5. The molecule has 0 N–H and O–H groups in total. The standard InChI is InChI=1S/C22H25NO2S2/c24-21(23(19-9-10-19)15-17-5-2-1-3-6-17)16-25-20-11-7-18(8-12-20)22-26-13-4-14-27-22/h1-3,5-8,11-12,19,22H,4,9-10,13-16H2. The van der Waals surface area contributed by atoms with Crippen LogP contribution in [0.4, 0.5) is 0 Å². The zero-order valence-corrected chi connectivity index (χ0v) is 17.0.